The molecule has 26 heavy (non-hydrogen) atoms. The molecular formula is C19H22N6O. The molecule has 0 unspecified atom stereocenters. The zero-order chi connectivity index (χ0) is 17.5. The minimum absolute atomic E-state index is 0.669. The van der Waals surface area contributed by atoms with Gasteiger partial charge in [0.1, 0.15) is 17.9 Å². The molecule has 1 aromatic carbocycles. The van der Waals surface area contributed by atoms with E-state index in [1.807, 2.05) is 11.4 Å². The van der Waals surface area contributed by atoms with Crippen LogP contribution in [0.5, 0.6) is 5.75 Å². The highest BCUT2D eigenvalue weighted by atomic mass is 16.5. The summed E-state index contributed by atoms with van der Waals surface area (Å²) in [7, 11) is 0. The van der Waals surface area contributed by atoms with E-state index in [-0.39, 0.29) is 0 Å². The van der Waals surface area contributed by atoms with Crippen molar-refractivity contribution in [1.82, 2.24) is 24.5 Å². The maximum absolute atomic E-state index is 5.61. The Labute approximate surface area is 152 Å². The predicted octanol–water partition coefficient (Wildman–Crippen LogP) is 1.69. The Morgan fingerprint density at radius 3 is 2.88 bits per heavy atom. The summed E-state index contributed by atoms with van der Waals surface area (Å²) < 4.78 is 7.44. The van der Waals surface area contributed by atoms with Crippen molar-refractivity contribution in [2.45, 2.75) is 19.9 Å². The highest BCUT2D eigenvalue weighted by Gasteiger charge is 2.21. The summed E-state index contributed by atoms with van der Waals surface area (Å²) >= 11 is 0. The predicted molar refractivity (Wildman–Crippen MR) is 98.7 cm³/mol. The third kappa shape index (κ3) is 2.78. The zero-order valence-corrected chi connectivity index (χ0v) is 14.9. The van der Waals surface area contributed by atoms with Crippen molar-refractivity contribution in [3.05, 3.63) is 47.4 Å². The van der Waals surface area contributed by atoms with Gasteiger partial charge in [0.05, 0.1) is 6.61 Å². The third-order valence-corrected chi connectivity index (χ3v) is 5.22. The van der Waals surface area contributed by atoms with Gasteiger partial charge >= 0.3 is 0 Å². The summed E-state index contributed by atoms with van der Waals surface area (Å²) in [6.07, 6.45) is 2.60. The fourth-order valence-corrected chi connectivity index (χ4v) is 3.87. The van der Waals surface area contributed by atoms with Crippen LogP contribution in [0.25, 0.3) is 5.78 Å². The van der Waals surface area contributed by atoms with Crippen LogP contribution < -0.4 is 9.64 Å². The van der Waals surface area contributed by atoms with Crippen molar-refractivity contribution in [1.29, 1.82) is 0 Å². The van der Waals surface area contributed by atoms with Crippen LogP contribution in [0.3, 0.4) is 0 Å². The Balaban J connectivity index is 1.28. The van der Waals surface area contributed by atoms with Crippen LogP contribution in [0, 0.1) is 6.92 Å². The molecule has 5 rings (SSSR count). The lowest BCUT2D eigenvalue weighted by molar-refractivity contribution is 0.249. The molecule has 2 aliphatic heterocycles. The van der Waals surface area contributed by atoms with Gasteiger partial charge in [-0.25, -0.2) is 4.98 Å². The number of aromatic nitrogens is 4. The van der Waals surface area contributed by atoms with Gasteiger partial charge in [0.25, 0.3) is 5.78 Å². The molecule has 1 saturated heterocycles. The van der Waals surface area contributed by atoms with E-state index in [9.17, 15) is 0 Å². The molecule has 0 N–H and O–H groups in total. The Morgan fingerprint density at radius 2 is 2.00 bits per heavy atom. The maximum Gasteiger partial charge on any atom is 0.254 e. The molecule has 0 aliphatic carbocycles. The number of hydrogen-bond donors (Lipinski definition) is 0. The van der Waals surface area contributed by atoms with E-state index in [1.165, 1.54) is 11.1 Å². The number of nitrogens with zero attached hydrogens (tertiary/aromatic N) is 6. The maximum atomic E-state index is 5.61. The Morgan fingerprint density at radius 1 is 1.12 bits per heavy atom. The van der Waals surface area contributed by atoms with Gasteiger partial charge < -0.3 is 9.64 Å². The quantitative estimate of drug-likeness (QED) is 0.716. The van der Waals surface area contributed by atoms with E-state index >= 15 is 0 Å². The molecule has 2 aromatic heterocycles. The normalized spacial score (nSPS) is 17.5. The first-order chi connectivity index (χ1) is 12.8. The summed E-state index contributed by atoms with van der Waals surface area (Å²) in [6, 6.07) is 8.72. The lowest BCUT2D eigenvalue weighted by Crippen LogP contribution is -2.46. The van der Waals surface area contributed by atoms with Crippen LogP contribution >= 0.6 is 0 Å². The number of benzene rings is 1. The third-order valence-electron chi connectivity index (χ3n) is 5.22. The Kier molecular flexibility index (Phi) is 3.74. The van der Waals surface area contributed by atoms with E-state index in [0.717, 1.165) is 63.0 Å². The van der Waals surface area contributed by atoms with E-state index < -0.39 is 0 Å². The Bertz CT molecular complexity index is 944. The first-order valence-electron chi connectivity index (χ1n) is 9.15. The topological polar surface area (TPSA) is 58.8 Å². The second kappa shape index (κ2) is 6.25. The molecule has 2 aliphatic rings. The SMILES string of the molecule is Cc1cc(N2CCN(Cc3ccc4c(c3)CCO4)CC2)n2ncnc2n1. The van der Waals surface area contributed by atoms with Gasteiger partial charge in [-0.2, -0.15) is 14.6 Å². The average molecular weight is 350 g/mol. The van der Waals surface area contributed by atoms with Gasteiger partial charge in [0, 0.05) is 50.9 Å². The zero-order valence-electron chi connectivity index (χ0n) is 14.9. The van der Waals surface area contributed by atoms with Crippen LogP contribution in [0.1, 0.15) is 16.8 Å². The summed E-state index contributed by atoms with van der Waals surface area (Å²) in [6.45, 7) is 7.84. The van der Waals surface area contributed by atoms with Gasteiger partial charge in [-0.15, -0.1) is 0 Å². The number of anilines is 1. The van der Waals surface area contributed by atoms with Crippen molar-refractivity contribution >= 4 is 11.6 Å². The minimum atomic E-state index is 0.669. The number of aryl methyl sites for hydroxylation is 1. The molecule has 134 valence electrons. The fourth-order valence-electron chi connectivity index (χ4n) is 3.87. The van der Waals surface area contributed by atoms with Gasteiger partial charge in [-0.05, 0) is 24.1 Å². The van der Waals surface area contributed by atoms with Crippen LogP contribution in [-0.2, 0) is 13.0 Å². The van der Waals surface area contributed by atoms with E-state index in [1.54, 1.807) is 6.33 Å². The molecule has 0 bridgehead atoms. The standard InChI is InChI=1S/C19H22N6O/c1-14-10-18(25-19(22-14)20-13-21-25)24-7-5-23(6-8-24)12-15-2-3-17-16(11-15)4-9-26-17/h2-3,10-11,13H,4-9,12H2,1H3. The molecular weight excluding hydrogens is 328 g/mol. The smallest absolute Gasteiger partial charge is 0.254 e. The van der Waals surface area contributed by atoms with E-state index in [0.29, 0.717) is 5.78 Å². The lowest BCUT2D eigenvalue weighted by atomic mass is 10.1. The van der Waals surface area contributed by atoms with Crippen molar-refractivity contribution in [2.24, 2.45) is 0 Å². The molecule has 4 heterocycles. The number of piperazine rings is 1. The molecule has 3 aromatic rings. The number of rotatable bonds is 3. The second-order valence-electron chi connectivity index (χ2n) is 7.03. The molecule has 7 heteroatoms. The van der Waals surface area contributed by atoms with E-state index in [2.05, 4.69) is 49.1 Å². The highest BCUT2D eigenvalue weighted by molar-refractivity contribution is 5.47. The molecule has 0 saturated carbocycles. The van der Waals surface area contributed by atoms with Gasteiger partial charge in [0.2, 0.25) is 0 Å². The first-order valence-corrected chi connectivity index (χ1v) is 9.15. The Hall–Kier alpha value is -2.67. The van der Waals surface area contributed by atoms with Crippen molar-refractivity contribution in [3.63, 3.8) is 0 Å². The van der Waals surface area contributed by atoms with Crippen molar-refractivity contribution in [3.8, 4) is 5.75 Å². The number of fused-ring (bicyclic) bond motifs is 2. The number of ether oxygens (including phenoxy) is 1. The average Bonchev–Trinajstić information content (AvgIpc) is 3.30. The molecule has 1 fully saturated rings. The van der Waals surface area contributed by atoms with Crippen LogP contribution in [0.2, 0.25) is 0 Å². The monoisotopic (exact) mass is 350 g/mol. The van der Waals surface area contributed by atoms with Crippen molar-refractivity contribution in [2.75, 3.05) is 37.7 Å². The molecule has 7 nitrogen and oxygen atoms in total. The lowest BCUT2D eigenvalue weighted by Gasteiger charge is -2.36. The van der Waals surface area contributed by atoms with Crippen molar-refractivity contribution < 1.29 is 4.74 Å². The molecule has 0 amide bonds. The second-order valence-corrected chi connectivity index (χ2v) is 7.03. The minimum Gasteiger partial charge on any atom is -0.493 e. The molecule has 0 spiro atoms. The summed E-state index contributed by atoms with van der Waals surface area (Å²) in [5, 5.41) is 4.33. The molecule has 0 atom stereocenters. The van der Waals surface area contributed by atoms with Crippen LogP contribution in [0.4, 0.5) is 5.82 Å². The summed E-state index contributed by atoms with van der Waals surface area (Å²) in [5.74, 6) is 2.81. The van der Waals surface area contributed by atoms with Crippen LogP contribution in [-0.4, -0.2) is 57.3 Å². The highest BCUT2D eigenvalue weighted by Crippen LogP contribution is 2.26. The fraction of sp³-hybridized carbons (Fsp3) is 0.421. The van der Waals surface area contributed by atoms with Crippen LogP contribution in [0.15, 0.2) is 30.6 Å². The van der Waals surface area contributed by atoms with E-state index in [4.69, 9.17) is 4.74 Å². The summed E-state index contributed by atoms with van der Waals surface area (Å²) in [4.78, 5) is 13.6. The first kappa shape index (κ1) is 15.6. The number of hydrogen-bond acceptors (Lipinski definition) is 6. The largest absolute Gasteiger partial charge is 0.493 e. The molecule has 0 radical (unpaired) electrons. The summed E-state index contributed by atoms with van der Waals surface area (Å²) in [5.41, 5.74) is 3.70. The van der Waals surface area contributed by atoms with Gasteiger partial charge in [-0.1, -0.05) is 12.1 Å². The van der Waals surface area contributed by atoms with Gasteiger partial charge in [0.15, 0.2) is 0 Å². The van der Waals surface area contributed by atoms with Gasteiger partial charge in [-0.3, -0.25) is 4.90 Å².